The molecule has 1 heterocycles. The number of Topliss-reactive ketones (excluding diaryl/α,β-unsaturated/α-hetero) is 1. The van der Waals surface area contributed by atoms with E-state index in [-0.39, 0.29) is 49.2 Å². The number of aromatic amines is 1. The Kier molecular flexibility index (Phi) is 10.1. The first-order valence-corrected chi connectivity index (χ1v) is 13.5. The Bertz CT molecular complexity index is 1300. The summed E-state index contributed by atoms with van der Waals surface area (Å²) in [4.78, 5) is 30.7. The molecule has 3 aromatic rings. The Morgan fingerprint density at radius 1 is 1.08 bits per heavy atom. The molecule has 10 heteroatoms. The van der Waals surface area contributed by atoms with E-state index in [1.54, 1.807) is 0 Å². The van der Waals surface area contributed by atoms with E-state index >= 15 is 0 Å². The fraction of sp³-hybridized carbons (Fsp3) is 0.407. The number of pyridine rings is 1. The van der Waals surface area contributed by atoms with Crippen molar-refractivity contribution in [2.75, 3.05) is 25.4 Å². The highest BCUT2D eigenvalue weighted by molar-refractivity contribution is 8.00. The van der Waals surface area contributed by atoms with Crippen LogP contribution in [0.3, 0.4) is 0 Å². The van der Waals surface area contributed by atoms with Gasteiger partial charge in [-0.05, 0) is 75.3 Å². The summed E-state index contributed by atoms with van der Waals surface area (Å²) in [5.74, 6) is -0.333. The molecule has 1 aromatic heterocycles. The summed E-state index contributed by atoms with van der Waals surface area (Å²) in [6.07, 6.45) is -1.53. The number of hydrogen-bond donors (Lipinski definition) is 2. The molecule has 0 atom stereocenters. The van der Waals surface area contributed by atoms with Crippen molar-refractivity contribution in [1.29, 1.82) is 0 Å². The van der Waals surface area contributed by atoms with Gasteiger partial charge in [-0.1, -0.05) is 25.4 Å². The third-order valence-corrected chi connectivity index (χ3v) is 7.29. The Balaban J connectivity index is 1.95. The SMILES string of the molecule is CCCN(CCC)CCCC(=O)CSc1c(-c2cc(Cl)ccc2O)c2cc(C(F)(F)F)ccc2[nH]c1=O. The highest BCUT2D eigenvalue weighted by atomic mass is 35.5. The molecule has 0 saturated heterocycles. The maximum Gasteiger partial charge on any atom is 0.416 e. The molecule has 2 aromatic carbocycles. The molecule has 0 saturated carbocycles. The third kappa shape index (κ3) is 7.52. The summed E-state index contributed by atoms with van der Waals surface area (Å²) in [6, 6.07) is 7.15. The number of H-pyrrole nitrogens is 1. The molecule has 0 spiro atoms. The zero-order valence-electron chi connectivity index (χ0n) is 20.8. The van der Waals surface area contributed by atoms with Crippen LogP contribution in [0.15, 0.2) is 46.1 Å². The van der Waals surface area contributed by atoms with Gasteiger partial charge < -0.3 is 15.0 Å². The van der Waals surface area contributed by atoms with Crippen LogP contribution in [0, 0.1) is 0 Å². The number of rotatable bonds is 12. The van der Waals surface area contributed by atoms with Crippen LogP contribution in [0.25, 0.3) is 22.0 Å². The molecular weight excluding hydrogens is 525 g/mol. The number of benzene rings is 2. The maximum atomic E-state index is 13.5. The Labute approximate surface area is 223 Å². The molecule has 0 aliphatic carbocycles. The van der Waals surface area contributed by atoms with Gasteiger partial charge in [-0.15, -0.1) is 11.8 Å². The van der Waals surface area contributed by atoms with Crippen LogP contribution in [0.1, 0.15) is 45.1 Å². The number of carbonyl (C=O) groups excluding carboxylic acids is 1. The van der Waals surface area contributed by atoms with Crippen molar-refractivity contribution >= 4 is 40.0 Å². The van der Waals surface area contributed by atoms with Crippen LogP contribution in [-0.2, 0) is 11.0 Å². The molecule has 0 fully saturated rings. The third-order valence-electron chi connectivity index (χ3n) is 5.91. The molecular formula is C27H30ClF3N2O3S. The van der Waals surface area contributed by atoms with Crippen molar-refractivity contribution < 1.29 is 23.1 Å². The van der Waals surface area contributed by atoms with Crippen LogP contribution in [0.4, 0.5) is 13.2 Å². The number of carbonyl (C=O) groups is 1. The number of aromatic nitrogens is 1. The number of phenolic OH excluding ortho intramolecular Hbond substituents is 1. The maximum absolute atomic E-state index is 13.5. The number of aromatic hydroxyl groups is 1. The van der Waals surface area contributed by atoms with E-state index in [1.165, 1.54) is 24.3 Å². The number of halogens is 4. The highest BCUT2D eigenvalue weighted by Gasteiger charge is 2.31. The van der Waals surface area contributed by atoms with Crippen LogP contribution < -0.4 is 5.56 Å². The van der Waals surface area contributed by atoms with Crippen molar-refractivity contribution in [3.8, 4) is 16.9 Å². The van der Waals surface area contributed by atoms with Gasteiger partial charge in [-0.25, -0.2) is 0 Å². The van der Waals surface area contributed by atoms with E-state index in [1.807, 2.05) is 0 Å². The van der Waals surface area contributed by atoms with Gasteiger partial charge in [-0.2, -0.15) is 13.2 Å². The molecule has 3 rings (SSSR count). The highest BCUT2D eigenvalue weighted by Crippen LogP contribution is 2.42. The van der Waals surface area contributed by atoms with Gasteiger partial charge in [0.2, 0.25) is 0 Å². The quantitative estimate of drug-likeness (QED) is 0.233. The van der Waals surface area contributed by atoms with E-state index in [0.29, 0.717) is 12.8 Å². The summed E-state index contributed by atoms with van der Waals surface area (Å²) >= 11 is 7.08. The summed E-state index contributed by atoms with van der Waals surface area (Å²) in [7, 11) is 0. The van der Waals surface area contributed by atoms with Crippen LogP contribution in [0.2, 0.25) is 5.02 Å². The Morgan fingerprint density at radius 3 is 2.43 bits per heavy atom. The minimum atomic E-state index is -4.61. The molecule has 0 aliphatic heterocycles. The fourth-order valence-electron chi connectivity index (χ4n) is 4.26. The van der Waals surface area contributed by atoms with Crippen LogP contribution >= 0.6 is 23.4 Å². The van der Waals surface area contributed by atoms with E-state index < -0.39 is 17.3 Å². The zero-order valence-corrected chi connectivity index (χ0v) is 22.3. The molecule has 0 unspecified atom stereocenters. The van der Waals surface area contributed by atoms with E-state index in [2.05, 4.69) is 23.7 Å². The molecule has 200 valence electrons. The average molecular weight is 555 g/mol. The normalized spacial score (nSPS) is 12.0. The predicted molar refractivity (Wildman–Crippen MR) is 144 cm³/mol. The number of hydrogen-bond acceptors (Lipinski definition) is 5. The molecule has 0 bridgehead atoms. The number of alkyl halides is 3. The van der Waals surface area contributed by atoms with Gasteiger partial charge >= 0.3 is 6.18 Å². The first-order chi connectivity index (χ1) is 17.5. The second-order valence-electron chi connectivity index (χ2n) is 8.85. The van der Waals surface area contributed by atoms with Crippen molar-refractivity contribution in [3.63, 3.8) is 0 Å². The van der Waals surface area contributed by atoms with Gasteiger partial charge in [0, 0.05) is 33.5 Å². The van der Waals surface area contributed by atoms with Crippen molar-refractivity contribution in [2.24, 2.45) is 0 Å². The minimum Gasteiger partial charge on any atom is -0.507 e. The second kappa shape index (κ2) is 12.8. The largest absolute Gasteiger partial charge is 0.507 e. The molecule has 37 heavy (non-hydrogen) atoms. The van der Waals surface area contributed by atoms with Crippen LogP contribution in [-0.4, -0.2) is 46.2 Å². The lowest BCUT2D eigenvalue weighted by molar-refractivity contribution is -0.137. The van der Waals surface area contributed by atoms with E-state index in [4.69, 9.17) is 11.6 Å². The fourth-order valence-corrected chi connectivity index (χ4v) is 5.43. The van der Waals surface area contributed by atoms with Gasteiger partial charge in [-0.3, -0.25) is 9.59 Å². The number of ketones is 1. The summed E-state index contributed by atoms with van der Waals surface area (Å²) in [6.45, 7) is 6.96. The van der Waals surface area contributed by atoms with Crippen molar-refractivity contribution in [3.05, 3.63) is 57.3 Å². The van der Waals surface area contributed by atoms with Crippen molar-refractivity contribution in [2.45, 2.75) is 50.6 Å². The van der Waals surface area contributed by atoms with Crippen molar-refractivity contribution in [1.82, 2.24) is 9.88 Å². The summed E-state index contributed by atoms with van der Waals surface area (Å²) < 4.78 is 40.5. The lowest BCUT2D eigenvalue weighted by Crippen LogP contribution is -2.27. The molecule has 2 N–H and O–H groups in total. The topological polar surface area (TPSA) is 73.4 Å². The molecule has 5 nitrogen and oxygen atoms in total. The summed E-state index contributed by atoms with van der Waals surface area (Å²) in [5.41, 5.74) is -1.05. The summed E-state index contributed by atoms with van der Waals surface area (Å²) in [5, 5.41) is 10.9. The number of fused-ring (bicyclic) bond motifs is 1. The molecule has 0 radical (unpaired) electrons. The Hall–Kier alpha value is -2.49. The first-order valence-electron chi connectivity index (χ1n) is 12.2. The van der Waals surface area contributed by atoms with Gasteiger partial charge in [0.1, 0.15) is 11.5 Å². The van der Waals surface area contributed by atoms with Gasteiger partial charge in [0.05, 0.1) is 16.2 Å². The van der Waals surface area contributed by atoms with E-state index in [9.17, 15) is 27.9 Å². The second-order valence-corrected chi connectivity index (χ2v) is 10.3. The standard InChI is InChI=1S/C27H30ClF3N2O3S/c1-3-11-33(12-4-2)13-5-6-19(34)16-37-25-24(21-15-18(28)8-10-23(21)35)20-14-17(27(29,30)31)7-9-22(20)32-26(25)36/h7-10,14-15,35H,3-6,11-13,16H2,1-2H3,(H,32,36). The lowest BCUT2D eigenvalue weighted by Gasteiger charge is -2.20. The van der Waals surface area contributed by atoms with Gasteiger partial charge in [0.25, 0.3) is 5.56 Å². The zero-order chi connectivity index (χ0) is 27.2. The molecule has 0 aliphatic rings. The number of nitrogens with one attached hydrogen (secondary N) is 1. The minimum absolute atomic E-state index is 0.0244. The number of thioether (sulfide) groups is 1. The number of nitrogens with zero attached hydrogens (tertiary/aromatic N) is 1. The average Bonchev–Trinajstić information content (AvgIpc) is 2.83. The predicted octanol–water partition coefficient (Wildman–Crippen LogP) is 7.14. The number of phenols is 1. The van der Waals surface area contributed by atoms with Gasteiger partial charge in [0.15, 0.2) is 0 Å². The lowest BCUT2D eigenvalue weighted by atomic mass is 9.98. The smallest absolute Gasteiger partial charge is 0.416 e. The molecule has 0 amide bonds. The monoisotopic (exact) mass is 554 g/mol. The van der Waals surface area contributed by atoms with E-state index in [0.717, 1.165) is 56.4 Å². The Morgan fingerprint density at radius 2 is 1.78 bits per heavy atom. The van der Waals surface area contributed by atoms with Crippen LogP contribution in [0.5, 0.6) is 5.75 Å². The first kappa shape index (κ1) is 29.1.